The van der Waals surface area contributed by atoms with Gasteiger partial charge < -0.3 is 19.8 Å². The molecule has 27 heavy (non-hydrogen) atoms. The van der Waals surface area contributed by atoms with E-state index in [9.17, 15) is 15.0 Å². The quantitative estimate of drug-likeness (QED) is 0.865. The van der Waals surface area contributed by atoms with Crippen molar-refractivity contribution in [3.05, 3.63) is 48.2 Å². The van der Waals surface area contributed by atoms with Crippen molar-refractivity contribution in [1.29, 1.82) is 0 Å². The molecule has 0 unspecified atom stereocenters. The number of ether oxygens (including phenoxy) is 1. The number of methoxy groups -OCH3 is 1. The predicted octanol–water partition coefficient (Wildman–Crippen LogP) is 1.96. The number of rotatable bonds is 3. The SMILES string of the molecule is COc1ccc(-c2cccc(C(=O)N3C[C@H]4C[C@H](O)[C@H](O)C[C@H]4C3)c2)cn1. The van der Waals surface area contributed by atoms with Crippen molar-refractivity contribution in [2.24, 2.45) is 11.8 Å². The summed E-state index contributed by atoms with van der Waals surface area (Å²) in [6, 6.07) is 11.3. The van der Waals surface area contributed by atoms with Gasteiger partial charge in [0.05, 0.1) is 19.3 Å². The minimum atomic E-state index is -0.674. The zero-order valence-electron chi connectivity index (χ0n) is 15.3. The third-order valence-electron chi connectivity index (χ3n) is 5.78. The van der Waals surface area contributed by atoms with Gasteiger partial charge in [0.25, 0.3) is 5.91 Å². The van der Waals surface area contributed by atoms with Gasteiger partial charge >= 0.3 is 0 Å². The Kier molecular flexibility index (Phi) is 4.85. The fourth-order valence-electron chi connectivity index (χ4n) is 4.26. The third kappa shape index (κ3) is 3.55. The van der Waals surface area contributed by atoms with Gasteiger partial charge in [0, 0.05) is 36.5 Å². The molecule has 1 aromatic carbocycles. The Morgan fingerprint density at radius 1 is 1.07 bits per heavy atom. The van der Waals surface area contributed by atoms with Crippen LogP contribution in [0, 0.1) is 11.8 Å². The van der Waals surface area contributed by atoms with Crippen molar-refractivity contribution in [2.75, 3.05) is 20.2 Å². The number of aliphatic hydroxyl groups is 2. The van der Waals surface area contributed by atoms with E-state index in [1.54, 1.807) is 19.4 Å². The number of carbonyl (C=O) groups is 1. The van der Waals surface area contributed by atoms with Crippen molar-refractivity contribution >= 4 is 5.91 Å². The molecular formula is C21H24N2O4. The van der Waals surface area contributed by atoms with Gasteiger partial charge in [0.2, 0.25) is 5.88 Å². The number of hydrogen-bond donors (Lipinski definition) is 2. The molecule has 4 rings (SSSR count). The molecule has 1 aromatic heterocycles. The van der Waals surface area contributed by atoms with Gasteiger partial charge in [-0.2, -0.15) is 0 Å². The van der Waals surface area contributed by atoms with Crippen LogP contribution in [0.3, 0.4) is 0 Å². The fourth-order valence-corrected chi connectivity index (χ4v) is 4.26. The van der Waals surface area contributed by atoms with Crippen molar-refractivity contribution in [3.8, 4) is 17.0 Å². The van der Waals surface area contributed by atoms with Crippen LogP contribution >= 0.6 is 0 Å². The van der Waals surface area contributed by atoms with Crippen LogP contribution in [-0.2, 0) is 0 Å². The van der Waals surface area contributed by atoms with Crippen LogP contribution in [0.2, 0.25) is 0 Å². The average Bonchev–Trinajstić information content (AvgIpc) is 3.10. The highest BCUT2D eigenvalue weighted by molar-refractivity contribution is 5.95. The molecule has 6 heteroatoms. The first kappa shape index (κ1) is 17.9. The second-order valence-electron chi connectivity index (χ2n) is 7.51. The Hall–Kier alpha value is -2.44. The molecule has 0 radical (unpaired) electrons. The smallest absolute Gasteiger partial charge is 0.253 e. The first-order chi connectivity index (χ1) is 13.0. The van der Waals surface area contributed by atoms with Crippen LogP contribution in [0.5, 0.6) is 5.88 Å². The molecule has 4 atom stereocenters. The van der Waals surface area contributed by atoms with Crippen molar-refractivity contribution < 1.29 is 19.7 Å². The number of carbonyl (C=O) groups excluding carboxylic acids is 1. The predicted molar refractivity (Wildman–Crippen MR) is 100 cm³/mol. The van der Waals surface area contributed by atoms with Crippen LogP contribution in [0.1, 0.15) is 23.2 Å². The molecule has 6 nitrogen and oxygen atoms in total. The van der Waals surface area contributed by atoms with E-state index in [2.05, 4.69) is 4.98 Å². The number of pyridine rings is 1. The summed E-state index contributed by atoms with van der Waals surface area (Å²) in [5.41, 5.74) is 2.49. The standard InChI is InChI=1S/C21H24N2O4/c1-27-20-6-5-15(10-22-20)13-3-2-4-14(7-13)21(26)23-11-16-8-18(24)19(25)9-17(16)12-23/h2-7,10,16-19,24-25H,8-9,11-12H2,1H3/t16-,17+,18+,19-. The van der Waals surface area contributed by atoms with E-state index >= 15 is 0 Å². The number of aromatic nitrogens is 1. The second-order valence-corrected chi connectivity index (χ2v) is 7.51. The first-order valence-electron chi connectivity index (χ1n) is 9.31. The zero-order valence-corrected chi connectivity index (χ0v) is 15.3. The Labute approximate surface area is 158 Å². The van der Waals surface area contributed by atoms with E-state index in [1.807, 2.05) is 35.2 Å². The van der Waals surface area contributed by atoms with Crippen LogP contribution in [-0.4, -0.2) is 58.4 Å². The molecule has 1 aliphatic heterocycles. The number of benzene rings is 1. The van der Waals surface area contributed by atoms with Gasteiger partial charge in [-0.3, -0.25) is 4.79 Å². The summed E-state index contributed by atoms with van der Waals surface area (Å²) in [5, 5.41) is 19.8. The van der Waals surface area contributed by atoms with Crippen molar-refractivity contribution in [1.82, 2.24) is 9.88 Å². The number of aliphatic hydroxyl groups excluding tert-OH is 2. The highest BCUT2D eigenvalue weighted by Crippen LogP contribution is 2.37. The molecule has 0 bridgehead atoms. The highest BCUT2D eigenvalue weighted by Gasteiger charge is 2.42. The first-order valence-corrected chi connectivity index (χ1v) is 9.31. The van der Waals surface area contributed by atoms with E-state index in [1.165, 1.54) is 0 Å². The summed E-state index contributed by atoms with van der Waals surface area (Å²) in [5.74, 6) is 1.08. The Balaban J connectivity index is 1.51. The second kappa shape index (κ2) is 7.29. The van der Waals surface area contributed by atoms with Gasteiger partial charge in [-0.05, 0) is 48.4 Å². The topological polar surface area (TPSA) is 82.9 Å². The summed E-state index contributed by atoms with van der Waals surface area (Å²) in [6.45, 7) is 1.28. The molecule has 1 amide bonds. The Morgan fingerprint density at radius 2 is 1.78 bits per heavy atom. The summed E-state index contributed by atoms with van der Waals surface area (Å²) in [4.78, 5) is 19.1. The number of likely N-dealkylation sites (tertiary alicyclic amines) is 1. The lowest BCUT2D eigenvalue weighted by atomic mass is 9.79. The van der Waals surface area contributed by atoms with E-state index < -0.39 is 12.2 Å². The molecule has 0 spiro atoms. The molecule has 2 N–H and O–H groups in total. The number of fused-ring (bicyclic) bond motifs is 1. The van der Waals surface area contributed by atoms with Crippen LogP contribution in [0.25, 0.3) is 11.1 Å². The molecule has 2 aromatic rings. The monoisotopic (exact) mass is 368 g/mol. The molecule has 2 fully saturated rings. The highest BCUT2D eigenvalue weighted by atomic mass is 16.5. The molecule has 1 saturated heterocycles. The summed E-state index contributed by atoms with van der Waals surface area (Å²) in [7, 11) is 1.58. The van der Waals surface area contributed by atoms with E-state index in [-0.39, 0.29) is 17.7 Å². The van der Waals surface area contributed by atoms with Crippen molar-refractivity contribution in [3.63, 3.8) is 0 Å². The van der Waals surface area contributed by atoms with E-state index in [4.69, 9.17) is 4.74 Å². The van der Waals surface area contributed by atoms with Crippen LogP contribution < -0.4 is 4.74 Å². The lowest BCUT2D eigenvalue weighted by Gasteiger charge is -2.31. The minimum Gasteiger partial charge on any atom is -0.481 e. The molecule has 1 aliphatic carbocycles. The largest absolute Gasteiger partial charge is 0.481 e. The van der Waals surface area contributed by atoms with Gasteiger partial charge in [0.1, 0.15) is 0 Å². The lowest BCUT2D eigenvalue weighted by Crippen LogP contribution is -2.38. The fraction of sp³-hybridized carbons (Fsp3) is 0.429. The Morgan fingerprint density at radius 3 is 2.37 bits per heavy atom. The lowest BCUT2D eigenvalue weighted by molar-refractivity contribution is -0.0372. The molecule has 1 saturated carbocycles. The summed E-state index contributed by atoms with van der Waals surface area (Å²) in [6.07, 6.45) is 1.51. The molecule has 2 aliphatic rings. The van der Waals surface area contributed by atoms with Crippen LogP contribution in [0.4, 0.5) is 0 Å². The van der Waals surface area contributed by atoms with Gasteiger partial charge in [-0.25, -0.2) is 4.98 Å². The number of amides is 1. The van der Waals surface area contributed by atoms with Crippen molar-refractivity contribution in [2.45, 2.75) is 25.0 Å². The van der Waals surface area contributed by atoms with E-state index in [0.29, 0.717) is 37.4 Å². The number of hydrogen-bond acceptors (Lipinski definition) is 5. The molecule has 2 heterocycles. The van der Waals surface area contributed by atoms with Gasteiger partial charge in [-0.15, -0.1) is 0 Å². The van der Waals surface area contributed by atoms with Crippen LogP contribution in [0.15, 0.2) is 42.6 Å². The normalized spacial score (nSPS) is 27.3. The summed E-state index contributed by atoms with van der Waals surface area (Å²) >= 11 is 0. The van der Waals surface area contributed by atoms with E-state index in [0.717, 1.165) is 11.1 Å². The maximum Gasteiger partial charge on any atom is 0.253 e. The summed E-state index contributed by atoms with van der Waals surface area (Å²) < 4.78 is 5.09. The minimum absolute atomic E-state index is 0.00306. The van der Waals surface area contributed by atoms with Gasteiger partial charge in [0.15, 0.2) is 0 Å². The molecular weight excluding hydrogens is 344 g/mol. The Bertz CT molecular complexity index is 805. The average molecular weight is 368 g/mol. The van der Waals surface area contributed by atoms with Gasteiger partial charge in [-0.1, -0.05) is 12.1 Å². The number of nitrogens with zero attached hydrogens (tertiary/aromatic N) is 2. The zero-order chi connectivity index (χ0) is 19.0. The molecule has 142 valence electrons. The maximum atomic E-state index is 13.0. The maximum absolute atomic E-state index is 13.0. The third-order valence-corrected chi connectivity index (χ3v) is 5.78.